The predicted octanol–water partition coefficient (Wildman–Crippen LogP) is 3.46. The molecule has 3 N–H and O–H groups in total. The lowest BCUT2D eigenvalue weighted by molar-refractivity contribution is 0.102. The van der Waals surface area contributed by atoms with Crippen molar-refractivity contribution in [3.63, 3.8) is 0 Å². The molecule has 0 spiro atoms. The molecular weight excluding hydrogens is 344 g/mol. The molecule has 2 aliphatic rings. The van der Waals surface area contributed by atoms with Crippen molar-refractivity contribution in [1.29, 1.82) is 0 Å². The second kappa shape index (κ2) is 7.11. The van der Waals surface area contributed by atoms with Crippen LogP contribution >= 0.6 is 12.4 Å². The number of anilines is 2. The third-order valence-electron chi connectivity index (χ3n) is 4.09. The lowest BCUT2D eigenvalue weighted by Crippen LogP contribution is -2.13. The predicted molar refractivity (Wildman–Crippen MR) is 96.8 cm³/mol. The van der Waals surface area contributed by atoms with Gasteiger partial charge >= 0.3 is 0 Å². The molecule has 1 saturated carbocycles. The summed E-state index contributed by atoms with van der Waals surface area (Å²) in [7, 11) is 0. The number of rotatable bonds is 5. The maximum atomic E-state index is 12.4. The minimum absolute atomic E-state index is 0. The zero-order valence-electron chi connectivity index (χ0n) is 13.5. The summed E-state index contributed by atoms with van der Waals surface area (Å²) in [6, 6.07) is 10.4. The molecule has 0 unspecified atom stereocenters. The van der Waals surface area contributed by atoms with E-state index < -0.39 is 0 Å². The highest BCUT2D eigenvalue weighted by atomic mass is 35.5. The van der Waals surface area contributed by atoms with Crippen LogP contribution in [0.1, 0.15) is 23.2 Å². The molecule has 132 valence electrons. The number of amides is 1. The van der Waals surface area contributed by atoms with Crippen molar-refractivity contribution >= 4 is 29.7 Å². The molecule has 1 aliphatic heterocycles. The highest BCUT2D eigenvalue weighted by Gasteiger charge is 2.22. The van der Waals surface area contributed by atoms with Crippen LogP contribution in [0, 0.1) is 5.92 Å². The van der Waals surface area contributed by atoms with Gasteiger partial charge in [-0.1, -0.05) is 0 Å². The summed E-state index contributed by atoms with van der Waals surface area (Å²) in [5.74, 6) is 2.39. The van der Waals surface area contributed by atoms with Crippen LogP contribution in [-0.4, -0.2) is 19.3 Å². The van der Waals surface area contributed by atoms with Gasteiger partial charge in [-0.05, 0) is 43.0 Å². The van der Waals surface area contributed by atoms with E-state index in [-0.39, 0.29) is 25.1 Å². The van der Waals surface area contributed by atoms with Crippen molar-refractivity contribution in [3.8, 4) is 17.2 Å². The van der Waals surface area contributed by atoms with Gasteiger partial charge in [-0.2, -0.15) is 0 Å². The fraction of sp³-hybridized carbons (Fsp3) is 0.278. The molecule has 7 heteroatoms. The van der Waals surface area contributed by atoms with E-state index in [4.69, 9.17) is 19.9 Å². The summed E-state index contributed by atoms with van der Waals surface area (Å²) in [4.78, 5) is 12.4. The summed E-state index contributed by atoms with van der Waals surface area (Å²) in [5, 5.41) is 2.80. The number of fused-ring (bicyclic) bond motifs is 1. The van der Waals surface area contributed by atoms with Crippen LogP contribution in [0.5, 0.6) is 17.2 Å². The quantitative estimate of drug-likeness (QED) is 0.796. The summed E-state index contributed by atoms with van der Waals surface area (Å²) < 4.78 is 16.2. The average Bonchev–Trinajstić information content (AvgIpc) is 3.32. The molecule has 0 atom stereocenters. The maximum absolute atomic E-state index is 12.4. The number of hydrogen-bond donors (Lipinski definition) is 2. The number of carbonyl (C=O) groups excluding carboxylic acids is 1. The Kier molecular flexibility index (Phi) is 4.90. The van der Waals surface area contributed by atoms with Gasteiger partial charge in [0.15, 0.2) is 11.5 Å². The topological polar surface area (TPSA) is 82.8 Å². The van der Waals surface area contributed by atoms with Gasteiger partial charge in [0, 0.05) is 17.7 Å². The molecule has 0 aromatic heterocycles. The number of halogens is 1. The Balaban J connectivity index is 0.00000182. The first-order chi connectivity index (χ1) is 11.7. The Morgan fingerprint density at radius 3 is 2.52 bits per heavy atom. The molecule has 2 aromatic rings. The van der Waals surface area contributed by atoms with Crippen LogP contribution in [0.2, 0.25) is 0 Å². The first-order valence-electron chi connectivity index (χ1n) is 7.92. The van der Waals surface area contributed by atoms with Gasteiger partial charge < -0.3 is 25.3 Å². The van der Waals surface area contributed by atoms with Crippen molar-refractivity contribution in [1.82, 2.24) is 0 Å². The Morgan fingerprint density at radius 2 is 1.84 bits per heavy atom. The van der Waals surface area contributed by atoms with Crippen LogP contribution in [0.4, 0.5) is 11.4 Å². The highest BCUT2D eigenvalue weighted by molar-refractivity contribution is 6.06. The molecule has 1 amide bonds. The van der Waals surface area contributed by atoms with Crippen molar-refractivity contribution in [3.05, 3.63) is 42.0 Å². The Bertz CT molecular complexity index is 775. The lowest BCUT2D eigenvalue weighted by Gasteiger charge is -2.10. The van der Waals surface area contributed by atoms with E-state index in [1.165, 1.54) is 12.8 Å². The van der Waals surface area contributed by atoms with Gasteiger partial charge in [0.25, 0.3) is 5.91 Å². The van der Waals surface area contributed by atoms with Crippen LogP contribution in [0.25, 0.3) is 0 Å². The fourth-order valence-electron chi connectivity index (χ4n) is 2.46. The zero-order chi connectivity index (χ0) is 16.5. The Hall–Kier alpha value is -2.60. The number of ether oxygens (including phenoxy) is 3. The van der Waals surface area contributed by atoms with E-state index in [2.05, 4.69) is 5.32 Å². The maximum Gasteiger partial charge on any atom is 0.255 e. The number of nitrogens with one attached hydrogen (secondary N) is 1. The first-order valence-corrected chi connectivity index (χ1v) is 7.92. The van der Waals surface area contributed by atoms with E-state index >= 15 is 0 Å². The summed E-state index contributed by atoms with van der Waals surface area (Å²) in [6.07, 6.45) is 2.49. The number of hydrogen-bond acceptors (Lipinski definition) is 5. The largest absolute Gasteiger partial charge is 0.493 e. The van der Waals surface area contributed by atoms with E-state index in [0.29, 0.717) is 34.4 Å². The van der Waals surface area contributed by atoms with Crippen LogP contribution in [0.15, 0.2) is 36.4 Å². The molecule has 2 aromatic carbocycles. The van der Waals surface area contributed by atoms with E-state index in [9.17, 15) is 4.79 Å². The van der Waals surface area contributed by atoms with E-state index in [1.807, 2.05) is 0 Å². The lowest BCUT2D eigenvalue weighted by atomic mass is 10.2. The van der Waals surface area contributed by atoms with Gasteiger partial charge in [-0.15, -0.1) is 12.4 Å². The van der Waals surface area contributed by atoms with Gasteiger partial charge in [-0.3, -0.25) is 4.79 Å². The van der Waals surface area contributed by atoms with Crippen LogP contribution in [0.3, 0.4) is 0 Å². The van der Waals surface area contributed by atoms with Gasteiger partial charge in [-0.25, -0.2) is 0 Å². The number of benzene rings is 2. The number of nitrogens with two attached hydrogens (primary N) is 1. The fourth-order valence-corrected chi connectivity index (χ4v) is 2.46. The minimum atomic E-state index is -0.241. The standard InChI is InChI=1S/C18H18N2O4.ClH/c19-14-7-16-17(24-10-23-16)8-15(14)20-18(21)12-3-5-13(6-4-12)22-9-11-1-2-11;/h3-8,11H,1-2,9-10,19H2,(H,20,21);1H. The molecular formula is C18H19ClN2O4. The van der Waals surface area contributed by atoms with E-state index in [1.54, 1.807) is 36.4 Å². The van der Waals surface area contributed by atoms with Gasteiger partial charge in [0.1, 0.15) is 5.75 Å². The summed E-state index contributed by atoms with van der Waals surface area (Å²) >= 11 is 0. The third kappa shape index (κ3) is 3.91. The van der Waals surface area contributed by atoms with Crippen molar-refractivity contribution < 1.29 is 19.0 Å². The average molecular weight is 363 g/mol. The van der Waals surface area contributed by atoms with Gasteiger partial charge in [0.05, 0.1) is 18.0 Å². The number of nitrogen functional groups attached to an aromatic ring is 1. The Morgan fingerprint density at radius 1 is 1.16 bits per heavy atom. The SMILES string of the molecule is Cl.Nc1cc2c(cc1NC(=O)c1ccc(OCC3CC3)cc1)OCO2. The van der Waals surface area contributed by atoms with Gasteiger partial charge in [0.2, 0.25) is 6.79 Å². The van der Waals surface area contributed by atoms with Crippen molar-refractivity contribution in [2.45, 2.75) is 12.8 Å². The van der Waals surface area contributed by atoms with Crippen molar-refractivity contribution in [2.24, 2.45) is 5.92 Å². The highest BCUT2D eigenvalue weighted by Crippen LogP contribution is 2.38. The smallest absolute Gasteiger partial charge is 0.255 e. The molecule has 1 fully saturated rings. The molecule has 1 aliphatic carbocycles. The third-order valence-corrected chi connectivity index (χ3v) is 4.09. The van der Waals surface area contributed by atoms with Crippen LogP contribution in [-0.2, 0) is 0 Å². The molecule has 0 bridgehead atoms. The monoisotopic (exact) mass is 362 g/mol. The molecule has 4 rings (SSSR count). The van der Waals surface area contributed by atoms with E-state index in [0.717, 1.165) is 12.4 Å². The second-order valence-corrected chi connectivity index (χ2v) is 6.03. The minimum Gasteiger partial charge on any atom is -0.493 e. The molecule has 1 heterocycles. The Labute approximate surface area is 151 Å². The first kappa shape index (κ1) is 17.2. The van der Waals surface area contributed by atoms with Crippen molar-refractivity contribution in [2.75, 3.05) is 24.5 Å². The molecule has 6 nitrogen and oxygen atoms in total. The summed E-state index contributed by atoms with van der Waals surface area (Å²) in [5.41, 5.74) is 7.41. The molecule has 0 radical (unpaired) electrons. The van der Waals surface area contributed by atoms with Crippen LogP contribution < -0.4 is 25.3 Å². The summed E-state index contributed by atoms with van der Waals surface area (Å²) in [6.45, 7) is 0.910. The molecule has 25 heavy (non-hydrogen) atoms. The number of carbonyl (C=O) groups is 1. The second-order valence-electron chi connectivity index (χ2n) is 6.03. The zero-order valence-corrected chi connectivity index (χ0v) is 14.3. The normalized spacial score (nSPS) is 14.6. The molecule has 0 saturated heterocycles.